The number of benzene rings is 9. The zero-order chi connectivity index (χ0) is 39.5. The molecule has 0 amide bonds. The molecule has 1 aliphatic rings. The van der Waals surface area contributed by atoms with Crippen molar-refractivity contribution in [1.82, 2.24) is 4.57 Å². The van der Waals surface area contributed by atoms with E-state index in [1.165, 1.54) is 95.7 Å². The van der Waals surface area contributed by atoms with Crippen LogP contribution < -0.4 is 4.90 Å². The minimum absolute atomic E-state index is 0.372. The number of fused-ring (bicyclic) bond motifs is 13. The van der Waals surface area contributed by atoms with Gasteiger partial charge in [-0.25, -0.2) is 0 Å². The van der Waals surface area contributed by atoms with E-state index in [0.29, 0.717) is 0 Å². The molecule has 1 aliphatic carbocycles. The van der Waals surface area contributed by atoms with E-state index in [9.17, 15) is 0 Å². The molecular formula is C56H36N2S2. The Hall–Kier alpha value is -6.98. The molecule has 3 aromatic heterocycles. The third-order valence-corrected chi connectivity index (χ3v) is 15.4. The predicted molar refractivity (Wildman–Crippen MR) is 259 cm³/mol. The van der Waals surface area contributed by atoms with Crippen molar-refractivity contribution in [3.05, 3.63) is 217 Å². The van der Waals surface area contributed by atoms with Crippen LogP contribution in [0.5, 0.6) is 0 Å². The van der Waals surface area contributed by atoms with Crippen LogP contribution in [0.15, 0.2) is 200 Å². The molecule has 0 bridgehead atoms. The van der Waals surface area contributed by atoms with Crippen molar-refractivity contribution in [3.63, 3.8) is 0 Å². The average Bonchev–Trinajstić information content (AvgIpc) is 4.04. The molecule has 1 atom stereocenters. The fourth-order valence-electron chi connectivity index (χ4n) is 10.3. The molecule has 4 heteroatoms. The van der Waals surface area contributed by atoms with E-state index in [1.54, 1.807) is 0 Å². The van der Waals surface area contributed by atoms with E-state index in [2.05, 4.69) is 217 Å². The van der Waals surface area contributed by atoms with Gasteiger partial charge in [0.2, 0.25) is 0 Å². The molecule has 2 nitrogen and oxygen atoms in total. The Balaban J connectivity index is 1.14. The summed E-state index contributed by atoms with van der Waals surface area (Å²) in [6, 6.07) is 74.5. The average molecular weight is 801 g/mol. The number of thiophene rings is 2. The highest BCUT2D eigenvalue weighted by Crippen LogP contribution is 2.57. The van der Waals surface area contributed by atoms with Crippen molar-refractivity contribution in [2.45, 2.75) is 12.3 Å². The SMILES string of the molecule is CC1(c2ccccc2)c2ccc(N(c3ccc4c(c3)sc3ccccc34)c3cccc4c3sc3ccccc34)cc2-c2c1ccc1c3ccccc3n(-c3ccccc3)c21. The Bertz CT molecular complexity index is 3690. The number of rotatable bonds is 5. The minimum Gasteiger partial charge on any atom is -0.309 e. The van der Waals surface area contributed by atoms with Gasteiger partial charge in [-0.05, 0) is 89.8 Å². The zero-order valence-corrected chi connectivity index (χ0v) is 34.4. The van der Waals surface area contributed by atoms with E-state index in [4.69, 9.17) is 0 Å². The van der Waals surface area contributed by atoms with Crippen molar-refractivity contribution in [2.24, 2.45) is 0 Å². The van der Waals surface area contributed by atoms with Crippen molar-refractivity contribution in [3.8, 4) is 16.8 Å². The van der Waals surface area contributed by atoms with Gasteiger partial charge < -0.3 is 9.47 Å². The first-order valence-electron chi connectivity index (χ1n) is 20.6. The van der Waals surface area contributed by atoms with Crippen molar-refractivity contribution in [1.29, 1.82) is 0 Å². The summed E-state index contributed by atoms with van der Waals surface area (Å²) in [5.74, 6) is 0. The largest absolute Gasteiger partial charge is 0.309 e. The third kappa shape index (κ3) is 4.69. The van der Waals surface area contributed by atoms with Crippen LogP contribution in [0.3, 0.4) is 0 Å². The van der Waals surface area contributed by atoms with Gasteiger partial charge in [0.1, 0.15) is 0 Å². The normalized spacial score (nSPS) is 14.8. The van der Waals surface area contributed by atoms with E-state index in [-0.39, 0.29) is 5.41 Å². The molecule has 0 aliphatic heterocycles. The first kappa shape index (κ1) is 33.9. The Morgan fingerprint density at radius 2 is 1.05 bits per heavy atom. The number of anilines is 3. The molecule has 0 N–H and O–H groups in total. The maximum absolute atomic E-state index is 2.52. The summed E-state index contributed by atoms with van der Waals surface area (Å²) in [5, 5.41) is 7.74. The van der Waals surface area contributed by atoms with Gasteiger partial charge in [-0.2, -0.15) is 0 Å². The molecule has 3 heterocycles. The van der Waals surface area contributed by atoms with Crippen LogP contribution in [0.2, 0.25) is 0 Å². The first-order valence-corrected chi connectivity index (χ1v) is 22.2. The Kier molecular flexibility index (Phi) is 7.22. The quantitative estimate of drug-likeness (QED) is 0.168. The highest BCUT2D eigenvalue weighted by molar-refractivity contribution is 7.26. The van der Waals surface area contributed by atoms with Crippen LogP contribution in [0, 0.1) is 0 Å². The molecule has 0 saturated carbocycles. The topological polar surface area (TPSA) is 8.17 Å². The molecule has 60 heavy (non-hydrogen) atoms. The number of para-hydroxylation sites is 2. The second-order valence-electron chi connectivity index (χ2n) is 16.2. The summed E-state index contributed by atoms with van der Waals surface area (Å²) in [4.78, 5) is 2.52. The molecule has 0 fully saturated rings. The molecule has 9 aromatic carbocycles. The zero-order valence-electron chi connectivity index (χ0n) is 32.8. The van der Waals surface area contributed by atoms with Crippen molar-refractivity contribution < 1.29 is 0 Å². The summed E-state index contributed by atoms with van der Waals surface area (Å²) in [6.45, 7) is 2.43. The lowest BCUT2D eigenvalue weighted by Gasteiger charge is -2.30. The van der Waals surface area contributed by atoms with Gasteiger partial charge in [-0.1, -0.05) is 140 Å². The van der Waals surface area contributed by atoms with Gasteiger partial charge in [0.15, 0.2) is 0 Å². The van der Waals surface area contributed by atoms with Gasteiger partial charge in [0.05, 0.1) is 21.4 Å². The van der Waals surface area contributed by atoms with Crippen LogP contribution >= 0.6 is 22.7 Å². The number of nitrogens with zero attached hydrogens (tertiary/aromatic N) is 2. The molecular weight excluding hydrogens is 765 g/mol. The van der Waals surface area contributed by atoms with E-state index < -0.39 is 0 Å². The van der Waals surface area contributed by atoms with Gasteiger partial charge in [-0.3, -0.25) is 0 Å². The Labute approximate surface area is 355 Å². The van der Waals surface area contributed by atoms with Gasteiger partial charge in [-0.15, -0.1) is 22.7 Å². The van der Waals surface area contributed by atoms with Crippen LogP contribution in [-0.4, -0.2) is 4.57 Å². The summed E-state index contributed by atoms with van der Waals surface area (Å²) in [7, 11) is 0. The lowest BCUT2D eigenvalue weighted by atomic mass is 9.74. The number of aromatic nitrogens is 1. The minimum atomic E-state index is -0.372. The highest BCUT2D eigenvalue weighted by Gasteiger charge is 2.43. The standard InChI is InChI=1S/C56H36N2S2/c1-56(35-15-4-2-5-16-35)46-31-28-37(33-45(46)53-47(56)32-30-43-39-19-8-11-23-48(39)58(54(43)53)36-17-6-3-7-18-36)57(38-27-29-42-40-20-9-12-25-50(40)59-52(42)34-38)49-24-14-22-44-41-21-10-13-26-51(41)60-55(44)49/h2-34H,1H3. The maximum Gasteiger partial charge on any atom is 0.0640 e. The van der Waals surface area contributed by atoms with Crippen LogP contribution in [0.4, 0.5) is 17.1 Å². The van der Waals surface area contributed by atoms with Crippen molar-refractivity contribution in [2.75, 3.05) is 4.90 Å². The summed E-state index contributed by atoms with van der Waals surface area (Å²) in [6.07, 6.45) is 0. The molecule has 0 radical (unpaired) electrons. The fraction of sp³-hybridized carbons (Fsp3) is 0.0357. The molecule has 0 spiro atoms. The molecule has 1 unspecified atom stereocenters. The van der Waals surface area contributed by atoms with Crippen LogP contribution in [-0.2, 0) is 5.41 Å². The predicted octanol–water partition coefficient (Wildman–Crippen LogP) is 16.3. The first-order chi connectivity index (χ1) is 29.6. The monoisotopic (exact) mass is 800 g/mol. The lowest BCUT2D eigenvalue weighted by molar-refractivity contribution is 0.714. The van der Waals surface area contributed by atoms with Gasteiger partial charge >= 0.3 is 0 Å². The second kappa shape index (κ2) is 12.8. The third-order valence-electron chi connectivity index (χ3n) is 13.1. The Morgan fingerprint density at radius 3 is 1.87 bits per heavy atom. The van der Waals surface area contributed by atoms with Gasteiger partial charge in [0, 0.05) is 74.5 Å². The molecule has 13 rings (SSSR count). The lowest BCUT2D eigenvalue weighted by Crippen LogP contribution is -2.22. The summed E-state index contributed by atoms with van der Waals surface area (Å²) >= 11 is 3.76. The van der Waals surface area contributed by atoms with Crippen molar-refractivity contribution >= 4 is 102 Å². The Morgan fingerprint density at radius 1 is 0.450 bits per heavy atom. The van der Waals surface area contributed by atoms with E-state index in [1.807, 2.05) is 22.7 Å². The maximum atomic E-state index is 2.52. The summed E-state index contributed by atoms with van der Waals surface area (Å²) in [5.41, 5.74) is 13.3. The van der Waals surface area contributed by atoms with Gasteiger partial charge in [0.25, 0.3) is 0 Å². The molecule has 282 valence electrons. The van der Waals surface area contributed by atoms with Crippen LogP contribution in [0.1, 0.15) is 23.6 Å². The molecule has 12 aromatic rings. The van der Waals surface area contributed by atoms with E-state index >= 15 is 0 Å². The second-order valence-corrected chi connectivity index (χ2v) is 18.3. The van der Waals surface area contributed by atoms with E-state index in [0.717, 1.165) is 17.1 Å². The summed E-state index contributed by atoms with van der Waals surface area (Å²) < 4.78 is 7.70. The molecule has 0 saturated heterocycles. The highest BCUT2D eigenvalue weighted by atomic mass is 32.1. The smallest absolute Gasteiger partial charge is 0.0640 e. The number of hydrogen-bond donors (Lipinski definition) is 0. The number of hydrogen-bond acceptors (Lipinski definition) is 3. The fourth-order valence-corrected chi connectivity index (χ4v) is 12.7. The van der Waals surface area contributed by atoms with Crippen LogP contribution in [0.25, 0.3) is 79.0 Å².